The summed E-state index contributed by atoms with van der Waals surface area (Å²) in [6, 6.07) is -0.851. The highest BCUT2D eigenvalue weighted by molar-refractivity contribution is 7.47. The average molecular weight is 1040 g/mol. The molecule has 0 aliphatic rings. The molecule has 0 aromatic heterocycles. The molecule has 0 heterocycles. The Hall–Kier alpha value is -2.32. The minimum Gasteiger partial charge on any atom is -0.387 e. The van der Waals surface area contributed by atoms with Gasteiger partial charge in [0.05, 0.1) is 39.9 Å². The van der Waals surface area contributed by atoms with Gasteiger partial charge in [-0.25, -0.2) is 4.57 Å². The van der Waals surface area contributed by atoms with Gasteiger partial charge in [0.1, 0.15) is 13.2 Å². The molecule has 0 saturated heterocycles. The van der Waals surface area contributed by atoms with Crippen molar-refractivity contribution >= 4 is 13.7 Å². The summed E-state index contributed by atoms with van der Waals surface area (Å²) in [4.78, 5) is 23.3. The Morgan fingerprint density at radius 2 is 0.822 bits per heavy atom. The third kappa shape index (κ3) is 57.2. The molecule has 0 aromatic rings. The number of aliphatic hydroxyl groups is 1. The normalized spacial score (nSPS) is 14.5. The maximum atomic E-state index is 13.0. The summed E-state index contributed by atoms with van der Waals surface area (Å²) in [7, 11) is 1.57. The van der Waals surface area contributed by atoms with Gasteiger partial charge in [0.2, 0.25) is 5.91 Å². The van der Waals surface area contributed by atoms with E-state index in [9.17, 15) is 19.4 Å². The molecule has 3 N–H and O–H groups in total. The molecule has 0 radical (unpaired) electrons. The summed E-state index contributed by atoms with van der Waals surface area (Å²) in [5.41, 5.74) is 0. The van der Waals surface area contributed by atoms with Gasteiger partial charge in [-0.15, -0.1) is 0 Å². The van der Waals surface area contributed by atoms with Crippen molar-refractivity contribution in [2.75, 3.05) is 40.9 Å². The van der Waals surface area contributed by atoms with Gasteiger partial charge in [-0.2, -0.15) is 0 Å². The Kier molecular flexibility index (Phi) is 52.7. The minimum atomic E-state index is -4.35. The van der Waals surface area contributed by atoms with Gasteiger partial charge in [0.25, 0.3) is 0 Å². The van der Waals surface area contributed by atoms with Gasteiger partial charge in [0.15, 0.2) is 0 Å². The lowest BCUT2D eigenvalue weighted by Crippen LogP contribution is -2.45. The number of hydrogen-bond donors (Lipinski definition) is 3. The van der Waals surface area contributed by atoms with Gasteiger partial charge < -0.3 is 19.8 Å². The lowest BCUT2D eigenvalue weighted by Gasteiger charge is -2.25. The lowest BCUT2D eigenvalue weighted by atomic mass is 10.0. The quantitative estimate of drug-likeness (QED) is 0.0243. The van der Waals surface area contributed by atoms with Crippen LogP contribution in [0.5, 0.6) is 0 Å². The van der Waals surface area contributed by atoms with Gasteiger partial charge in [-0.05, 0) is 70.6 Å². The molecule has 3 atom stereocenters. The number of quaternary nitrogens is 1. The van der Waals surface area contributed by atoms with Crippen molar-refractivity contribution in [1.29, 1.82) is 0 Å². The predicted molar refractivity (Wildman–Crippen MR) is 318 cm³/mol. The number of carbonyl (C=O) groups excluding carboxylic acids is 1. The van der Waals surface area contributed by atoms with Gasteiger partial charge >= 0.3 is 7.82 Å². The molecule has 0 spiro atoms. The average Bonchev–Trinajstić information content (AvgIpc) is 3.35. The number of likely N-dealkylation sites (N-methyl/N-ethyl adjacent to an activating group) is 1. The monoisotopic (exact) mass is 1040 g/mol. The van der Waals surface area contributed by atoms with E-state index in [-0.39, 0.29) is 19.1 Å². The first-order valence-corrected chi connectivity index (χ1v) is 32.0. The summed E-state index contributed by atoms with van der Waals surface area (Å²) in [5, 5.41) is 14.0. The van der Waals surface area contributed by atoms with E-state index in [4.69, 9.17) is 9.05 Å². The van der Waals surface area contributed by atoms with Crippen LogP contribution in [0.1, 0.15) is 264 Å². The zero-order chi connectivity index (χ0) is 53.5. The van der Waals surface area contributed by atoms with Crippen molar-refractivity contribution in [1.82, 2.24) is 5.32 Å². The van der Waals surface area contributed by atoms with E-state index in [1.54, 1.807) is 6.08 Å². The van der Waals surface area contributed by atoms with E-state index in [1.165, 1.54) is 167 Å². The Labute approximate surface area is 452 Å². The number of unbranched alkanes of at least 4 members (excludes halogenated alkanes) is 30. The molecular weight excluding hydrogens is 924 g/mol. The van der Waals surface area contributed by atoms with Gasteiger partial charge in [-0.1, -0.05) is 272 Å². The fourth-order valence-corrected chi connectivity index (χ4v) is 9.37. The summed E-state index contributed by atoms with van der Waals surface area (Å²) < 4.78 is 23.7. The van der Waals surface area contributed by atoms with Gasteiger partial charge in [-0.3, -0.25) is 13.8 Å². The van der Waals surface area contributed by atoms with E-state index >= 15 is 0 Å². The molecule has 73 heavy (non-hydrogen) atoms. The Morgan fingerprint density at radius 3 is 1.21 bits per heavy atom. The molecular formula is C64H118N2O6P+. The largest absolute Gasteiger partial charge is 0.472 e. The van der Waals surface area contributed by atoms with Crippen molar-refractivity contribution < 1.29 is 32.9 Å². The Bertz CT molecular complexity index is 1460. The first-order chi connectivity index (χ1) is 35.5. The molecule has 0 saturated carbocycles. The van der Waals surface area contributed by atoms with Crippen LogP contribution in [0.2, 0.25) is 0 Å². The lowest BCUT2D eigenvalue weighted by molar-refractivity contribution is -0.870. The Morgan fingerprint density at radius 1 is 0.479 bits per heavy atom. The number of phosphoric ester groups is 1. The molecule has 9 heteroatoms. The maximum absolute atomic E-state index is 13.0. The molecule has 1 amide bonds. The van der Waals surface area contributed by atoms with Crippen molar-refractivity contribution in [2.45, 2.75) is 276 Å². The first kappa shape index (κ1) is 70.7. The fourth-order valence-electron chi connectivity index (χ4n) is 8.64. The van der Waals surface area contributed by atoms with Crippen LogP contribution in [-0.4, -0.2) is 73.4 Å². The third-order valence-electron chi connectivity index (χ3n) is 13.4. The molecule has 0 bridgehead atoms. The number of hydrogen-bond acceptors (Lipinski definition) is 5. The maximum Gasteiger partial charge on any atom is 0.472 e. The van der Waals surface area contributed by atoms with Crippen LogP contribution in [0.25, 0.3) is 0 Å². The third-order valence-corrected chi connectivity index (χ3v) is 14.4. The van der Waals surface area contributed by atoms with Crippen molar-refractivity contribution in [3.63, 3.8) is 0 Å². The SMILES string of the molecule is CC/C=C\C/C=C\C/C=C\C/C=C\C/C=C\C/C=C\CCCCCCCCCCCCCCCCC(=O)NC(COP(=O)(O)OCC[N+](C)(C)C)C(O)/C=C/CCCCCCCCCCCCCCCCCC. The van der Waals surface area contributed by atoms with E-state index in [0.29, 0.717) is 17.4 Å². The number of aliphatic hydroxyl groups excluding tert-OH is 1. The van der Waals surface area contributed by atoms with E-state index < -0.39 is 20.0 Å². The van der Waals surface area contributed by atoms with Crippen molar-refractivity contribution in [2.24, 2.45) is 0 Å². The number of carbonyl (C=O) groups is 1. The Balaban J connectivity index is 4.12. The van der Waals surface area contributed by atoms with Crippen LogP contribution >= 0.6 is 7.82 Å². The highest BCUT2D eigenvalue weighted by atomic mass is 31.2. The molecule has 0 aliphatic carbocycles. The first-order valence-electron chi connectivity index (χ1n) is 30.5. The van der Waals surface area contributed by atoms with E-state index in [0.717, 1.165) is 77.0 Å². The number of amides is 1. The molecule has 0 aliphatic heterocycles. The second-order valence-corrected chi connectivity index (χ2v) is 23.2. The highest BCUT2D eigenvalue weighted by Gasteiger charge is 2.27. The summed E-state index contributed by atoms with van der Waals surface area (Å²) in [5.74, 6) is -0.178. The summed E-state index contributed by atoms with van der Waals surface area (Å²) in [6.07, 6.45) is 76.9. The summed E-state index contributed by atoms with van der Waals surface area (Å²) in [6.45, 7) is 4.72. The smallest absolute Gasteiger partial charge is 0.387 e. The van der Waals surface area contributed by atoms with Gasteiger partial charge in [0, 0.05) is 6.42 Å². The molecule has 0 aromatic carbocycles. The van der Waals surface area contributed by atoms with Crippen LogP contribution in [0.15, 0.2) is 85.1 Å². The topological polar surface area (TPSA) is 105 Å². The van der Waals surface area contributed by atoms with Crippen molar-refractivity contribution in [3.8, 4) is 0 Å². The summed E-state index contributed by atoms with van der Waals surface area (Å²) >= 11 is 0. The van der Waals surface area contributed by atoms with Crippen LogP contribution in [-0.2, 0) is 18.4 Å². The standard InChI is InChI=1S/C64H117N2O6P/c1-6-8-10-12-14-16-18-20-22-24-26-27-28-29-30-31-32-33-34-35-36-37-38-39-40-42-44-46-48-50-52-54-56-58-64(68)65-62(61-72-73(69,70)71-60-59-66(3,4)5)63(67)57-55-53-51-49-47-45-43-41-25-23-21-19-17-15-13-11-9-7-2/h8,10,14,16,20,22,26-27,29-30,32-33,55,57,62-63,67H,6-7,9,11-13,15,17-19,21,23-25,28,31,34-54,56,58-61H2,1-5H3,(H-,65,68,69,70)/p+1/b10-8-,16-14-,22-20-,27-26-,30-29-,33-32-,57-55+. The second kappa shape index (κ2) is 54.5. The van der Waals surface area contributed by atoms with Crippen LogP contribution in [0.4, 0.5) is 0 Å². The molecule has 3 unspecified atom stereocenters. The second-order valence-electron chi connectivity index (χ2n) is 21.7. The molecule has 0 rings (SSSR count). The molecule has 8 nitrogen and oxygen atoms in total. The molecule has 0 fully saturated rings. The minimum absolute atomic E-state index is 0.0593. The van der Waals surface area contributed by atoms with Crippen molar-refractivity contribution in [3.05, 3.63) is 85.1 Å². The number of nitrogens with zero attached hydrogens (tertiary/aromatic N) is 1. The number of allylic oxidation sites excluding steroid dienone is 13. The van der Waals surface area contributed by atoms with Crippen LogP contribution in [0.3, 0.4) is 0 Å². The number of phosphoric acid groups is 1. The van der Waals surface area contributed by atoms with Crippen LogP contribution < -0.4 is 5.32 Å². The number of nitrogens with one attached hydrogen (secondary N) is 1. The van der Waals surface area contributed by atoms with E-state index in [2.05, 4.69) is 92.1 Å². The van der Waals surface area contributed by atoms with Crippen LogP contribution in [0, 0.1) is 0 Å². The number of rotatable bonds is 55. The fraction of sp³-hybridized carbons (Fsp3) is 0.766. The molecule has 424 valence electrons. The predicted octanol–water partition coefficient (Wildman–Crippen LogP) is 18.8. The van der Waals surface area contributed by atoms with E-state index in [1.807, 2.05) is 27.2 Å². The zero-order valence-electron chi connectivity index (χ0n) is 48.4. The zero-order valence-corrected chi connectivity index (χ0v) is 49.3. The highest BCUT2D eigenvalue weighted by Crippen LogP contribution is 2.43.